The molecular formula is C26H26BF2NO3. The number of carbonyl (C=O) groups excluding carboxylic acids is 1. The third-order valence-corrected chi connectivity index (χ3v) is 6.31. The first-order chi connectivity index (χ1) is 15.9. The Morgan fingerprint density at radius 2 is 1.55 bits per heavy atom. The molecule has 2 N–H and O–H groups in total. The van der Waals surface area contributed by atoms with E-state index in [0.717, 1.165) is 17.7 Å². The summed E-state index contributed by atoms with van der Waals surface area (Å²) in [6.45, 7) is 0.226. The van der Waals surface area contributed by atoms with Gasteiger partial charge in [0.05, 0.1) is 6.54 Å². The molecule has 0 heterocycles. The molecule has 4 rings (SSSR count). The lowest BCUT2D eigenvalue weighted by atomic mass is 9.80. The van der Waals surface area contributed by atoms with Crippen molar-refractivity contribution < 1.29 is 23.6 Å². The summed E-state index contributed by atoms with van der Waals surface area (Å²) in [4.78, 5) is 14.8. The van der Waals surface area contributed by atoms with E-state index in [-0.39, 0.29) is 17.6 Å². The standard InChI is InChI=1S/C26H26BF2NO3/c28-24-15-10-21(16-25(24)29)26(31)30(23-13-11-22(12-14-23)27(32)33)17-18-6-8-20(9-7-18)19-4-2-1-3-5-19/h6-16,19,32-33H,1-5,17H2. The van der Waals surface area contributed by atoms with Gasteiger partial charge in [0.25, 0.3) is 5.91 Å². The highest BCUT2D eigenvalue weighted by molar-refractivity contribution is 6.58. The molecule has 1 amide bonds. The Bertz CT molecular complexity index is 1100. The first kappa shape index (κ1) is 23.1. The van der Waals surface area contributed by atoms with E-state index in [1.165, 1.54) is 60.8 Å². The monoisotopic (exact) mass is 449 g/mol. The quantitative estimate of drug-likeness (QED) is 0.544. The molecule has 1 aliphatic carbocycles. The highest BCUT2D eigenvalue weighted by Crippen LogP contribution is 2.33. The zero-order valence-electron chi connectivity index (χ0n) is 18.3. The Hall–Kier alpha value is -3.03. The van der Waals surface area contributed by atoms with Crippen LogP contribution in [0.3, 0.4) is 0 Å². The third kappa shape index (κ3) is 5.49. The average molecular weight is 449 g/mol. The second-order valence-electron chi connectivity index (χ2n) is 8.56. The van der Waals surface area contributed by atoms with Crippen molar-refractivity contribution in [3.05, 3.63) is 95.1 Å². The molecule has 0 radical (unpaired) electrons. The van der Waals surface area contributed by atoms with Crippen molar-refractivity contribution in [1.29, 1.82) is 0 Å². The maximum atomic E-state index is 13.8. The van der Waals surface area contributed by atoms with E-state index in [0.29, 0.717) is 11.6 Å². The van der Waals surface area contributed by atoms with E-state index in [4.69, 9.17) is 0 Å². The lowest BCUT2D eigenvalue weighted by Crippen LogP contribution is -2.32. The molecule has 0 saturated heterocycles. The zero-order chi connectivity index (χ0) is 23.4. The molecule has 0 unspecified atom stereocenters. The van der Waals surface area contributed by atoms with Gasteiger partial charge in [0.15, 0.2) is 11.6 Å². The molecule has 4 nitrogen and oxygen atoms in total. The molecule has 0 aliphatic heterocycles. The minimum Gasteiger partial charge on any atom is -0.423 e. The van der Waals surface area contributed by atoms with Crippen LogP contribution in [0.1, 0.15) is 59.5 Å². The van der Waals surface area contributed by atoms with Gasteiger partial charge in [-0.1, -0.05) is 55.7 Å². The maximum absolute atomic E-state index is 13.8. The van der Waals surface area contributed by atoms with Gasteiger partial charge in [0.1, 0.15) is 0 Å². The van der Waals surface area contributed by atoms with Crippen LogP contribution in [0.5, 0.6) is 0 Å². The number of anilines is 1. The summed E-state index contributed by atoms with van der Waals surface area (Å²) in [6, 6.07) is 17.5. The van der Waals surface area contributed by atoms with Crippen LogP contribution >= 0.6 is 0 Å². The normalized spacial score (nSPS) is 14.2. The number of hydrogen-bond acceptors (Lipinski definition) is 3. The van der Waals surface area contributed by atoms with Crippen LogP contribution in [0, 0.1) is 11.6 Å². The van der Waals surface area contributed by atoms with Gasteiger partial charge in [0.2, 0.25) is 0 Å². The minimum absolute atomic E-state index is 0.0268. The molecule has 1 aliphatic rings. The molecular weight excluding hydrogens is 423 g/mol. The van der Waals surface area contributed by atoms with Gasteiger partial charge < -0.3 is 14.9 Å². The van der Waals surface area contributed by atoms with Crippen molar-refractivity contribution in [2.75, 3.05) is 4.90 Å². The molecule has 1 saturated carbocycles. The molecule has 1 fully saturated rings. The number of halogens is 2. The Labute approximate surface area is 192 Å². The molecule has 7 heteroatoms. The Balaban J connectivity index is 1.61. The van der Waals surface area contributed by atoms with Crippen LogP contribution in [0.25, 0.3) is 0 Å². The lowest BCUT2D eigenvalue weighted by molar-refractivity contribution is 0.0984. The van der Waals surface area contributed by atoms with E-state index >= 15 is 0 Å². The van der Waals surface area contributed by atoms with E-state index in [2.05, 4.69) is 12.1 Å². The van der Waals surface area contributed by atoms with Crippen molar-refractivity contribution in [3.8, 4) is 0 Å². The molecule has 0 atom stereocenters. The van der Waals surface area contributed by atoms with Gasteiger partial charge in [-0.2, -0.15) is 0 Å². The average Bonchev–Trinajstić information content (AvgIpc) is 2.85. The Morgan fingerprint density at radius 3 is 2.15 bits per heavy atom. The van der Waals surface area contributed by atoms with Crippen LogP contribution in [-0.2, 0) is 6.54 Å². The van der Waals surface area contributed by atoms with E-state index < -0.39 is 24.7 Å². The fourth-order valence-corrected chi connectivity index (χ4v) is 4.41. The largest absolute Gasteiger partial charge is 0.488 e. The predicted molar refractivity (Wildman–Crippen MR) is 125 cm³/mol. The molecule has 33 heavy (non-hydrogen) atoms. The van der Waals surface area contributed by atoms with Crippen LogP contribution in [0.2, 0.25) is 0 Å². The van der Waals surface area contributed by atoms with Crippen molar-refractivity contribution in [3.63, 3.8) is 0 Å². The molecule has 3 aromatic rings. The topological polar surface area (TPSA) is 60.8 Å². The minimum atomic E-state index is -1.62. The van der Waals surface area contributed by atoms with Crippen LogP contribution in [0.4, 0.5) is 14.5 Å². The van der Waals surface area contributed by atoms with Gasteiger partial charge >= 0.3 is 7.12 Å². The van der Waals surface area contributed by atoms with Gasteiger partial charge in [-0.15, -0.1) is 0 Å². The molecule has 0 spiro atoms. The second-order valence-corrected chi connectivity index (χ2v) is 8.56. The van der Waals surface area contributed by atoms with Crippen LogP contribution < -0.4 is 10.4 Å². The van der Waals surface area contributed by atoms with E-state index in [1.807, 2.05) is 12.1 Å². The van der Waals surface area contributed by atoms with Gasteiger partial charge in [0, 0.05) is 11.3 Å². The second kappa shape index (κ2) is 10.3. The molecule has 170 valence electrons. The van der Waals surface area contributed by atoms with E-state index in [1.54, 1.807) is 12.1 Å². The zero-order valence-corrected chi connectivity index (χ0v) is 18.3. The third-order valence-electron chi connectivity index (χ3n) is 6.31. The van der Waals surface area contributed by atoms with E-state index in [9.17, 15) is 23.6 Å². The van der Waals surface area contributed by atoms with Crippen LogP contribution in [-0.4, -0.2) is 23.1 Å². The number of hydrogen-bond donors (Lipinski definition) is 2. The fraction of sp³-hybridized carbons (Fsp3) is 0.269. The first-order valence-corrected chi connectivity index (χ1v) is 11.2. The van der Waals surface area contributed by atoms with Gasteiger partial charge in [-0.25, -0.2) is 8.78 Å². The summed E-state index contributed by atoms with van der Waals surface area (Å²) in [5, 5.41) is 18.7. The summed E-state index contributed by atoms with van der Waals surface area (Å²) < 4.78 is 27.2. The summed E-state index contributed by atoms with van der Waals surface area (Å²) in [6.07, 6.45) is 6.19. The first-order valence-electron chi connectivity index (χ1n) is 11.2. The lowest BCUT2D eigenvalue weighted by Gasteiger charge is -2.25. The highest BCUT2D eigenvalue weighted by atomic mass is 19.2. The number of amides is 1. The summed E-state index contributed by atoms with van der Waals surface area (Å²) in [5.41, 5.74) is 3.02. The number of nitrogens with zero attached hydrogens (tertiary/aromatic N) is 1. The van der Waals surface area contributed by atoms with Crippen LogP contribution in [0.15, 0.2) is 66.7 Å². The molecule has 0 bridgehead atoms. The van der Waals surface area contributed by atoms with Crippen molar-refractivity contribution in [1.82, 2.24) is 0 Å². The Kier molecular flexibility index (Phi) is 7.21. The SMILES string of the molecule is O=C(c1ccc(F)c(F)c1)N(Cc1ccc(C2CCCCC2)cc1)c1ccc(B(O)O)cc1. The van der Waals surface area contributed by atoms with Gasteiger partial charge in [-0.05, 0) is 65.7 Å². The number of benzene rings is 3. The summed E-state index contributed by atoms with van der Waals surface area (Å²) in [5.74, 6) is -2.01. The van der Waals surface area contributed by atoms with Crippen molar-refractivity contribution in [2.24, 2.45) is 0 Å². The van der Waals surface area contributed by atoms with Gasteiger partial charge in [-0.3, -0.25) is 4.79 Å². The smallest absolute Gasteiger partial charge is 0.423 e. The highest BCUT2D eigenvalue weighted by Gasteiger charge is 2.21. The van der Waals surface area contributed by atoms with Crippen molar-refractivity contribution >= 4 is 24.2 Å². The molecule has 3 aromatic carbocycles. The fourth-order valence-electron chi connectivity index (χ4n) is 4.41. The number of rotatable bonds is 6. The predicted octanol–water partition coefficient (Wildman–Crippen LogP) is 4.54. The number of carbonyl (C=O) groups is 1. The maximum Gasteiger partial charge on any atom is 0.488 e. The summed E-state index contributed by atoms with van der Waals surface area (Å²) in [7, 11) is -1.62. The van der Waals surface area contributed by atoms with Crippen molar-refractivity contribution in [2.45, 2.75) is 44.6 Å². The Morgan fingerprint density at radius 1 is 0.879 bits per heavy atom. The summed E-state index contributed by atoms with van der Waals surface area (Å²) >= 11 is 0. The molecule has 0 aromatic heterocycles.